The summed E-state index contributed by atoms with van der Waals surface area (Å²) in [6.45, 7) is 5.53. The minimum Gasteiger partial charge on any atom is -0.378 e. The molecule has 1 aromatic carbocycles. The molecule has 2 rings (SSSR count). The van der Waals surface area contributed by atoms with E-state index >= 15 is 0 Å². The lowest BCUT2D eigenvalue weighted by Gasteiger charge is -2.27. The van der Waals surface area contributed by atoms with Crippen LogP contribution in [0.25, 0.3) is 0 Å². The van der Waals surface area contributed by atoms with Gasteiger partial charge in [0.2, 0.25) is 5.91 Å². The van der Waals surface area contributed by atoms with Crippen molar-refractivity contribution >= 4 is 18.3 Å². The first-order chi connectivity index (χ1) is 10.7. The van der Waals surface area contributed by atoms with Crippen molar-refractivity contribution in [2.24, 2.45) is 0 Å². The Balaban J connectivity index is 0.00000264. The van der Waals surface area contributed by atoms with E-state index in [1.807, 2.05) is 11.0 Å². The van der Waals surface area contributed by atoms with Gasteiger partial charge in [-0.3, -0.25) is 4.79 Å². The molecule has 130 valence electrons. The smallest absolute Gasteiger partial charge is 0.224 e. The summed E-state index contributed by atoms with van der Waals surface area (Å²) < 4.78 is 18.6. The van der Waals surface area contributed by atoms with Gasteiger partial charge in [0, 0.05) is 32.1 Å². The highest BCUT2D eigenvalue weighted by Crippen LogP contribution is 2.08. The van der Waals surface area contributed by atoms with E-state index in [0.717, 1.165) is 25.1 Å². The van der Waals surface area contributed by atoms with Gasteiger partial charge in [-0.05, 0) is 30.5 Å². The zero-order valence-corrected chi connectivity index (χ0v) is 14.4. The van der Waals surface area contributed by atoms with Crippen molar-refractivity contribution in [3.05, 3.63) is 35.6 Å². The highest BCUT2D eigenvalue weighted by molar-refractivity contribution is 5.85. The van der Waals surface area contributed by atoms with E-state index in [-0.39, 0.29) is 30.2 Å². The van der Waals surface area contributed by atoms with Gasteiger partial charge in [-0.15, -0.1) is 12.4 Å². The Kier molecular flexibility index (Phi) is 9.14. The lowest BCUT2D eigenvalue weighted by molar-refractivity contribution is -0.132. The summed E-state index contributed by atoms with van der Waals surface area (Å²) in [5.74, 6) is -0.0873. The van der Waals surface area contributed by atoms with Gasteiger partial charge in [0.15, 0.2) is 0 Å². The summed E-state index contributed by atoms with van der Waals surface area (Å²) >= 11 is 0. The van der Waals surface area contributed by atoms with Crippen molar-refractivity contribution in [3.63, 3.8) is 0 Å². The first-order valence-corrected chi connectivity index (χ1v) is 8.02. The Bertz CT molecular complexity index is 481. The third kappa shape index (κ3) is 6.85. The molecule has 1 aliphatic heterocycles. The zero-order valence-electron chi connectivity index (χ0n) is 13.6. The standard InChI is InChI=1S/C17H25FN2O2.ClH/c1-2-8-20(9-6-14-4-3-5-15(18)11-14)17(21)12-16-13-22-10-7-19-16;/h3-5,11,16,19H,2,6-10,12-13H2,1H3;1H. The Hall–Kier alpha value is -1.17. The number of nitrogens with one attached hydrogen (secondary N) is 1. The molecule has 4 nitrogen and oxygen atoms in total. The molecule has 23 heavy (non-hydrogen) atoms. The first kappa shape index (κ1) is 19.9. The van der Waals surface area contributed by atoms with Gasteiger partial charge in [-0.2, -0.15) is 0 Å². The molecule has 0 bridgehead atoms. The monoisotopic (exact) mass is 344 g/mol. The van der Waals surface area contributed by atoms with Crippen molar-refractivity contribution in [3.8, 4) is 0 Å². The highest BCUT2D eigenvalue weighted by Gasteiger charge is 2.20. The lowest BCUT2D eigenvalue weighted by Crippen LogP contribution is -2.45. The molecule has 6 heteroatoms. The number of ether oxygens (including phenoxy) is 1. The van der Waals surface area contributed by atoms with Crippen LogP contribution in [0, 0.1) is 5.82 Å². The zero-order chi connectivity index (χ0) is 15.8. The fraction of sp³-hybridized carbons (Fsp3) is 0.588. The van der Waals surface area contributed by atoms with Gasteiger partial charge in [-0.1, -0.05) is 19.1 Å². The molecular weight excluding hydrogens is 319 g/mol. The quantitative estimate of drug-likeness (QED) is 0.826. The van der Waals surface area contributed by atoms with Crippen LogP contribution >= 0.6 is 12.4 Å². The topological polar surface area (TPSA) is 41.6 Å². The van der Waals surface area contributed by atoms with Crippen LogP contribution in [0.3, 0.4) is 0 Å². The van der Waals surface area contributed by atoms with Gasteiger partial charge < -0.3 is 15.0 Å². The minimum absolute atomic E-state index is 0. The van der Waals surface area contributed by atoms with E-state index in [1.54, 1.807) is 6.07 Å². The number of benzene rings is 1. The average molecular weight is 345 g/mol. The molecule has 1 heterocycles. The molecule has 0 aliphatic carbocycles. The average Bonchev–Trinajstić information content (AvgIpc) is 2.52. The number of morpholine rings is 1. The van der Waals surface area contributed by atoms with Crippen LogP contribution in [0.5, 0.6) is 0 Å². The Labute approximate surface area is 143 Å². The summed E-state index contributed by atoms with van der Waals surface area (Å²) in [5, 5.41) is 3.31. The number of hydrogen-bond acceptors (Lipinski definition) is 3. The van der Waals surface area contributed by atoms with Crippen LogP contribution in [-0.2, 0) is 16.0 Å². The number of amides is 1. The molecule has 0 aromatic heterocycles. The van der Waals surface area contributed by atoms with Crippen LogP contribution in [-0.4, -0.2) is 49.7 Å². The third-order valence-electron chi connectivity index (χ3n) is 3.83. The van der Waals surface area contributed by atoms with E-state index in [1.165, 1.54) is 12.1 Å². The third-order valence-corrected chi connectivity index (χ3v) is 3.83. The molecule has 0 radical (unpaired) electrons. The second-order valence-electron chi connectivity index (χ2n) is 5.69. The molecule has 0 spiro atoms. The van der Waals surface area contributed by atoms with E-state index in [2.05, 4.69) is 12.2 Å². The van der Waals surface area contributed by atoms with E-state index < -0.39 is 0 Å². The van der Waals surface area contributed by atoms with Crippen molar-refractivity contribution < 1.29 is 13.9 Å². The van der Waals surface area contributed by atoms with Crippen molar-refractivity contribution in [2.75, 3.05) is 32.8 Å². The molecule has 1 atom stereocenters. The maximum absolute atomic E-state index is 13.2. The van der Waals surface area contributed by atoms with Gasteiger partial charge in [-0.25, -0.2) is 4.39 Å². The number of halogens is 2. The van der Waals surface area contributed by atoms with E-state index in [0.29, 0.717) is 32.6 Å². The summed E-state index contributed by atoms with van der Waals surface area (Å²) in [6.07, 6.45) is 2.06. The normalized spacial score (nSPS) is 17.4. The molecule has 1 aliphatic rings. The second kappa shape index (κ2) is 10.6. The molecule has 1 aromatic rings. The Morgan fingerprint density at radius 1 is 1.43 bits per heavy atom. The maximum atomic E-state index is 13.2. The number of rotatable bonds is 7. The molecule has 1 saturated heterocycles. The van der Waals surface area contributed by atoms with Crippen LogP contribution in [0.1, 0.15) is 25.3 Å². The number of carbonyl (C=O) groups is 1. The first-order valence-electron chi connectivity index (χ1n) is 8.02. The Morgan fingerprint density at radius 3 is 2.91 bits per heavy atom. The highest BCUT2D eigenvalue weighted by atomic mass is 35.5. The fourth-order valence-electron chi connectivity index (χ4n) is 2.68. The van der Waals surface area contributed by atoms with Crippen LogP contribution in [0.15, 0.2) is 24.3 Å². The molecule has 1 amide bonds. The van der Waals surface area contributed by atoms with Crippen molar-refractivity contribution in [1.82, 2.24) is 10.2 Å². The predicted octanol–water partition coefficient (Wildman–Crippen LogP) is 2.41. The molecule has 1 N–H and O–H groups in total. The molecule has 1 fully saturated rings. The van der Waals surface area contributed by atoms with Gasteiger partial charge in [0.25, 0.3) is 0 Å². The largest absolute Gasteiger partial charge is 0.378 e. The minimum atomic E-state index is -0.227. The molecule has 0 saturated carbocycles. The van der Waals surface area contributed by atoms with Gasteiger partial charge in [0.05, 0.1) is 13.2 Å². The summed E-state index contributed by atoms with van der Waals surface area (Å²) in [5.41, 5.74) is 0.924. The SMILES string of the molecule is CCCN(CCc1cccc(F)c1)C(=O)CC1COCCN1.Cl. The summed E-state index contributed by atoms with van der Waals surface area (Å²) in [4.78, 5) is 14.3. The lowest BCUT2D eigenvalue weighted by atomic mass is 10.1. The van der Waals surface area contributed by atoms with Crippen molar-refractivity contribution in [1.29, 1.82) is 0 Å². The van der Waals surface area contributed by atoms with Gasteiger partial charge in [0.1, 0.15) is 5.82 Å². The van der Waals surface area contributed by atoms with E-state index in [4.69, 9.17) is 4.74 Å². The number of carbonyl (C=O) groups excluding carboxylic acids is 1. The predicted molar refractivity (Wildman–Crippen MR) is 91.4 cm³/mol. The van der Waals surface area contributed by atoms with Crippen LogP contribution < -0.4 is 5.32 Å². The fourth-order valence-corrected chi connectivity index (χ4v) is 2.68. The summed E-state index contributed by atoms with van der Waals surface area (Å²) in [6, 6.07) is 6.68. The maximum Gasteiger partial charge on any atom is 0.224 e. The summed E-state index contributed by atoms with van der Waals surface area (Å²) in [7, 11) is 0. The van der Waals surface area contributed by atoms with E-state index in [9.17, 15) is 9.18 Å². The molecule has 1 unspecified atom stereocenters. The van der Waals surface area contributed by atoms with Crippen LogP contribution in [0.2, 0.25) is 0 Å². The van der Waals surface area contributed by atoms with Crippen molar-refractivity contribution in [2.45, 2.75) is 32.2 Å². The Morgan fingerprint density at radius 2 is 2.26 bits per heavy atom. The van der Waals surface area contributed by atoms with Gasteiger partial charge >= 0.3 is 0 Å². The van der Waals surface area contributed by atoms with Crippen LogP contribution in [0.4, 0.5) is 4.39 Å². The number of nitrogens with zero attached hydrogens (tertiary/aromatic N) is 1. The number of hydrogen-bond donors (Lipinski definition) is 1. The molecular formula is C17H26ClFN2O2. The second-order valence-corrected chi connectivity index (χ2v) is 5.69.